The first-order valence-corrected chi connectivity index (χ1v) is 3.85. The van der Waals surface area contributed by atoms with Crippen molar-refractivity contribution in [2.75, 3.05) is 6.61 Å². The molecule has 0 radical (unpaired) electrons. The zero-order chi connectivity index (χ0) is 9.68. The summed E-state index contributed by atoms with van der Waals surface area (Å²) in [5, 5.41) is 10.5. The molecule has 1 aromatic carbocycles. The van der Waals surface area contributed by atoms with E-state index < -0.39 is 5.97 Å². The van der Waals surface area contributed by atoms with E-state index in [0.717, 1.165) is 0 Å². The third kappa shape index (κ3) is 2.45. The average Bonchev–Trinajstić information content (AvgIpc) is 2.15. The lowest BCUT2D eigenvalue weighted by molar-refractivity contribution is -0.256. The summed E-state index contributed by atoms with van der Waals surface area (Å²) in [4.78, 5) is 19.9. The van der Waals surface area contributed by atoms with Crippen LogP contribution in [0.1, 0.15) is 17.3 Å². The molecule has 0 heterocycles. The van der Waals surface area contributed by atoms with Gasteiger partial charge in [-0.05, 0) is 19.1 Å². The van der Waals surface area contributed by atoms with Crippen molar-refractivity contribution in [3.8, 4) is 5.75 Å². The van der Waals surface area contributed by atoms with Gasteiger partial charge in [0.2, 0.25) is 0 Å². The quantitative estimate of drug-likeness (QED) is 0.497. The summed E-state index contributed by atoms with van der Waals surface area (Å²) in [5.74, 6) is -1.13. The molecule has 0 spiro atoms. The van der Waals surface area contributed by atoms with Gasteiger partial charge in [-0.3, -0.25) is 0 Å². The van der Waals surface area contributed by atoms with E-state index in [0.29, 0.717) is 6.61 Å². The predicted molar refractivity (Wildman–Crippen MR) is 43.0 cm³/mol. The first-order valence-electron chi connectivity index (χ1n) is 3.85. The Balaban J connectivity index is 2.84. The Morgan fingerprint density at radius 3 is 2.77 bits per heavy atom. The fourth-order valence-corrected chi connectivity index (χ4v) is 0.830. The number of rotatable bonds is 4. The number of hydrogen-bond acceptors (Lipinski definition) is 4. The Labute approximate surface area is 75.6 Å². The van der Waals surface area contributed by atoms with Crippen molar-refractivity contribution in [2.45, 2.75) is 6.92 Å². The molecule has 1 aromatic rings. The van der Waals surface area contributed by atoms with Crippen molar-refractivity contribution in [3.05, 3.63) is 29.8 Å². The van der Waals surface area contributed by atoms with E-state index >= 15 is 0 Å². The van der Waals surface area contributed by atoms with Crippen molar-refractivity contribution in [1.82, 2.24) is 0 Å². The molecule has 0 aliphatic heterocycles. The molecular weight excluding hydrogens is 172 g/mol. The maximum absolute atomic E-state index is 10.5. The van der Waals surface area contributed by atoms with Crippen LogP contribution in [-0.2, 0) is 4.89 Å². The lowest BCUT2D eigenvalue weighted by Crippen LogP contribution is -2.23. The normalized spacial score (nSPS) is 9.62. The Morgan fingerprint density at radius 1 is 1.46 bits per heavy atom. The summed E-state index contributed by atoms with van der Waals surface area (Å²) in [7, 11) is 0. The highest BCUT2D eigenvalue weighted by Crippen LogP contribution is 2.16. The molecule has 0 aromatic heterocycles. The van der Waals surface area contributed by atoms with Gasteiger partial charge in [0, 0.05) is 5.56 Å². The van der Waals surface area contributed by atoms with E-state index in [1.165, 1.54) is 12.1 Å². The van der Waals surface area contributed by atoms with E-state index in [-0.39, 0.29) is 11.3 Å². The fraction of sp³-hybridized carbons (Fsp3) is 0.222. The number of aromatic carboxylic acids is 1. The lowest BCUT2D eigenvalue weighted by atomic mass is 10.2. The highest BCUT2D eigenvalue weighted by molar-refractivity contribution is 5.89. The van der Waals surface area contributed by atoms with Crippen LogP contribution in [0.25, 0.3) is 0 Å². The number of hydrogen-bond donors (Lipinski definition) is 0. The Hall–Kier alpha value is -1.55. The molecule has 4 nitrogen and oxygen atoms in total. The second-order valence-corrected chi connectivity index (χ2v) is 2.27. The molecule has 4 heteroatoms. The van der Waals surface area contributed by atoms with Crippen LogP contribution in [-0.4, -0.2) is 12.6 Å². The van der Waals surface area contributed by atoms with E-state index in [1.54, 1.807) is 19.1 Å². The molecule has 13 heavy (non-hydrogen) atoms. The summed E-state index contributed by atoms with van der Waals surface area (Å²) >= 11 is 0. The molecule has 0 aliphatic carbocycles. The SMILES string of the molecule is CCOOc1ccccc1C(=O)[O-]. The highest BCUT2D eigenvalue weighted by atomic mass is 17.2. The number of carbonyl (C=O) groups is 1. The first-order chi connectivity index (χ1) is 6.25. The zero-order valence-corrected chi connectivity index (χ0v) is 7.15. The predicted octanol–water partition coefficient (Wildman–Crippen LogP) is 0.380. The summed E-state index contributed by atoms with van der Waals surface area (Å²) in [6.07, 6.45) is 0. The summed E-state index contributed by atoms with van der Waals surface area (Å²) < 4.78 is 0. The minimum Gasteiger partial charge on any atom is -0.545 e. The molecule has 0 atom stereocenters. The number of carboxylic acid groups (broad SMARTS) is 1. The van der Waals surface area contributed by atoms with Gasteiger partial charge in [0.15, 0.2) is 5.75 Å². The van der Waals surface area contributed by atoms with Crippen molar-refractivity contribution in [2.24, 2.45) is 0 Å². The zero-order valence-electron chi connectivity index (χ0n) is 7.15. The van der Waals surface area contributed by atoms with Gasteiger partial charge in [-0.25, -0.2) is 0 Å². The molecule has 0 bridgehead atoms. The van der Waals surface area contributed by atoms with Gasteiger partial charge in [0.05, 0.1) is 12.6 Å². The van der Waals surface area contributed by atoms with E-state index in [1.807, 2.05) is 0 Å². The van der Waals surface area contributed by atoms with Crippen molar-refractivity contribution in [3.63, 3.8) is 0 Å². The standard InChI is InChI=1S/C9H10O4/c1-2-12-13-8-6-4-3-5-7(8)9(10)11/h3-6H,2H2,1H3,(H,10,11)/p-1. The Kier molecular flexibility index (Phi) is 3.28. The lowest BCUT2D eigenvalue weighted by Gasteiger charge is -2.08. The van der Waals surface area contributed by atoms with Crippen LogP contribution in [0, 0.1) is 0 Å². The summed E-state index contributed by atoms with van der Waals surface area (Å²) in [5.41, 5.74) is -0.0176. The van der Waals surface area contributed by atoms with E-state index in [9.17, 15) is 9.90 Å². The van der Waals surface area contributed by atoms with Crippen LogP contribution in [0.5, 0.6) is 5.75 Å². The van der Waals surface area contributed by atoms with Crippen LogP contribution in [0.4, 0.5) is 0 Å². The number of benzene rings is 1. The molecule has 0 unspecified atom stereocenters. The monoisotopic (exact) mass is 181 g/mol. The third-order valence-corrected chi connectivity index (χ3v) is 1.37. The fourth-order valence-electron chi connectivity index (χ4n) is 0.830. The van der Waals surface area contributed by atoms with E-state index in [2.05, 4.69) is 4.89 Å². The number of carbonyl (C=O) groups excluding carboxylic acids is 1. The molecule has 0 saturated heterocycles. The molecule has 1 rings (SSSR count). The Morgan fingerprint density at radius 2 is 2.15 bits per heavy atom. The van der Waals surface area contributed by atoms with Crippen LogP contribution in [0.2, 0.25) is 0 Å². The smallest absolute Gasteiger partial charge is 0.174 e. The second kappa shape index (κ2) is 4.47. The van der Waals surface area contributed by atoms with Gasteiger partial charge in [0.25, 0.3) is 0 Å². The highest BCUT2D eigenvalue weighted by Gasteiger charge is 2.03. The van der Waals surface area contributed by atoms with Gasteiger partial charge in [0.1, 0.15) is 0 Å². The van der Waals surface area contributed by atoms with Crippen molar-refractivity contribution >= 4 is 5.97 Å². The molecular formula is C9H9O4-. The minimum absolute atomic E-state index is 0.0176. The third-order valence-electron chi connectivity index (χ3n) is 1.37. The van der Waals surface area contributed by atoms with Gasteiger partial charge in [-0.1, -0.05) is 12.1 Å². The van der Waals surface area contributed by atoms with Gasteiger partial charge < -0.3 is 14.8 Å². The topological polar surface area (TPSA) is 58.6 Å². The molecule has 70 valence electrons. The van der Waals surface area contributed by atoms with Gasteiger partial charge in [-0.15, -0.1) is 0 Å². The largest absolute Gasteiger partial charge is 0.545 e. The van der Waals surface area contributed by atoms with Crippen LogP contribution >= 0.6 is 0 Å². The maximum Gasteiger partial charge on any atom is 0.174 e. The number of para-hydroxylation sites is 1. The van der Waals surface area contributed by atoms with Gasteiger partial charge >= 0.3 is 0 Å². The maximum atomic E-state index is 10.5. The van der Waals surface area contributed by atoms with Crippen molar-refractivity contribution < 1.29 is 19.7 Å². The molecule has 0 fully saturated rings. The molecule has 0 aliphatic rings. The van der Waals surface area contributed by atoms with Crippen LogP contribution in [0.3, 0.4) is 0 Å². The van der Waals surface area contributed by atoms with Crippen LogP contribution < -0.4 is 9.99 Å². The second-order valence-electron chi connectivity index (χ2n) is 2.27. The Bertz CT molecular complexity index is 295. The van der Waals surface area contributed by atoms with Gasteiger partial charge in [-0.2, -0.15) is 4.89 Å². The van der Waals surface area contributed by atoms with Crippen molar-refractivity contribution in [1.29, 1.82) is 0 Å². The first kappa shape index (κ1) is 9.54. The molecule has 0 saturated carbocycles. The van der Waals surface area contributed by atoms with E-state index in [4.69, 9.17) is 4.89 Å². The average molecular weight is 181 g/mol. The molecule has 0 N–H and O–H groups in total. The molecule has 0 amide bonds. The summed E-state index contributed by atoms with van der Waals surface area (Å²) in [6.45, 7) is 2.09. The minimum atomic E-state index is -1.28. The van der Waals surface area contributed by atoms with Crippen LogP contribution in [0.15, 0.2) is 24.3 Å². The summed E-state index contributed by atoms with van der Waals surface area (Å²) in [6, 6.07) is 6.13. The number of carboxylic acids is 1.